The minimum atomic E-state index is -0.765. The van der Waals surface area contributed by atoms with Gasteiger partial charge in [-0.2, -0.15) is 5.10 Å². The zero-order chi connectivity index (χ0) is 23.2. The molecule has 4 rings (SSSR count). The molecule has 0 spiro atoms. The molecule has 1 saturated heterocycles. The first-order valence-electron chi connectivity index (χ1n) is 10.7. The molecule has 33 heavy (non-hydrogen) atoms. The van der Waals surface area contributed by atoms with Gasteiger partial charge in [0.15, 0.2) is 0 Å². The molecule has 9 heteroatoms. The minimum Gasteiger partial charge on any atom is -0.490 e. The number of nitrogens with one attached hydrogen (secondary N) is 2. The lowest BCUT2D eigenvalue weighted by Gasteiger charge is -2.32. The number of aromatic nitrogens is 2. The summed E-state index contributed by atoms with van der Waals surface area (Å²) in [5.41, 5.74) is 2.03. The molecule has 3 aromatic rings. The van der Waals surface area contributed by atoms with Crippen molar-refractivity contribution in [3.05, 3.63) is 71.7 Å². The van der Waals surface area contributed by atoms with E-state index in [0.717, 1.165) is 11.6 Å². The van der Waals surface area contributed by atoms with E-state index in [1.54, 1.807) is 11.0 Å². The Bertz CT molecular complexity index is 1110. The maximum atomic E-state index is 13.6. The van der Waals surface area contributed by atoms with Crippen LogP contribution in [0.5, 0.6) is 5.75 Å². The van der Waals surface area contributed by atoms with Crippen LogP contribution in [0.2, 0.25) is 0 Å². The van der Waals surface area contributed by atoms with Crippen molar-refractivity contribution in [1.82, 2.24) is 20.4 Å². The number of alkyl halides is 1. The van der Waals surface area contributed by atoms with Crippen LogP contribution in [0.3, 0.4) is 0 Å². The van der Waals surface area contributed by atoms with Gasteiger partial charge >= 0.3 is 0 Å². The van der Waals surface area contributed by atoms with Gasteiger partial charge < -0.3 is 15.0 Å². The van der Waals surface area contributed by atoms with E-state index in [9.17, 15) is 18.4 Å². The standard InChI is InChI=1S/C24H24F2N4O3/c25-14-16-10-18(26)12-20(11-16)33-19-6-8-30(9-7-19)23(31)15-27-24(32)22-13-21(28-29-22)17-4-2-1-3-5-17/h1-5,10-13,19H,6-9,14-15H2,(H,27,32)(H,28,29). The first-order valence-corrected chi connectivity index (χ1v) is 10.7. The number of H-pyrrole nitrogens is 1. The van der Waals surface area contributed by atoms with Crippen molar-refractivity contribution < 1.29 is 23.1 Å². The van der Waals surface area contributed by atoms with Crippen molar-refractivity contribution in [2.75, 3.05) is 19.6 Å². The van der Waals surface area contributed by atoms with E-state index < -0.39 is 18.4 Å². The Labute approximate surface area is 189 Å². The average Bonchev–Trinajstić information content (AvgIpc) is 3.33. The molecule has 2 heterocycles. The number of carbonyl (C=O) groups excluding carboxylic acids is 2. The molecule has 0 aliphatic carbocycles. The number of benzene rings is 2. The lowest BCUT2D eigenvalue weighted by molar-refractivity contribution is -0.131. The number of ether oxygens (including phenoxy) is 1. The van der Waals surface area contributed by atoms with Gasteiger partial charge in [0.25, 0.3) is 5.91 Å². The van der Waals surface area contributed by atoms with Gasteiger partial charge in [0.1, 0.15) is 30.0 Å². The number of hydrogen-bond donors (Lipinski definition) is 2. The van der Waals surface area contributed by atoms with E-state index in [0.29, 0.717) is 31.6 Å². The van der Waals surface area contributed by atoms with E-state index in [1.807, 2.05) is 30.3 Å². The Morgan fingerprint density at radius 2 is 1.88 bits per heavy atom. The quantitative estimate of drug-likeness (QED) is 0.572. The molecule has 1 aliphatic heterocycles. The Hall–Kier alpha value is -3.75. The van der Waals surface area contributed by atoms with Crippen molar-refractivity contribution in [2.45, 2.75) is 25.6 Å². The minimum absolute atomic E-state index is 0.131. The summed E-state index contributed by atoms with van der Waals surface area (Å²) >= 11 is 0. The number of hydrogen-bond acceptors (Lipinski definition) is 4. The number of likely N-dealkylation sites (tertiary alicyclic amines) is 1. The van der Waals surface area contributed by atoms with E-state index >= 15 is 0 Å². The second-order valence-corrected chi connectivity index (χ2v) is 7.84. The predicted molar refractivity (Wildman–Crippen MR) is 118 cm³/mol. The molecule has 0 atom stereocenters. The van der Waals surface area contributed by atoms with Gasteiger partial charge in [-0.1, -0.05) is 30.3 Å². The van der Waals surface area contributed by atoms with Crippen LogP contribution in [-0.4, -0.2) is 52.6 Å². The largest absolute Gasteiger partial charge is 0.490 e. The van der Waals surface area contributed by atoms with E-state index in [1.165, 1.54) is 12.1 Å². The maximum Gasteiger partial charge on any atom is 0.269 e. The third kappa shape index (κ3) is 5.74. The molecule has 0 bridgehead atoms. The molecule has 1 aromatic heterocycles. The van der Waals surface area contributed by atoms with Crippen LogP contribution in [-0.2, 0) is 11.5 Å². The fourth-order valence-electron chi connectivity index (χ4n) is 3.74. The number of aromatic amines is 1. The number of amides is 2. The molecule has 0 saturated carbocycles. The van der Waals surface area contributed by atoms with E-state index in [4.69, 9.17) is 4.74 Å². The molecule has 2 aromatic carbocycles. The summed E-state index contributed by atoms with van der Waals surface area (Å²) in [6.45, 7) is 0.00639. The summed E-state index contributed by atoms with van der Waals surface area (Å²) < 4.78 is 32.2. The van der Waals surface area contributed by atoms with Gasteiger partial charge in [-0.15, -0.1) is 0 Å². The van der Waals surface area contributed by atoms with Gasteiger partial charge in [0.05, 0.1) is 12.2 Å². The predicted octanol–water partition coefficient (Wildman–Crippen LogP) is 3.49. The highest BCUT2D eigenvalue weighted by atomic mass is 19.1. The van der Waals surface area contributed by atoms with Crippen LogP contribution >= 0.6 is 0 Å². The van der Waals surface area contributed by atoms with Crippen LogP contribution in [0.25, 0.3) is 11.3 Å². The molecule has 1 fully saturated rings. The number of piperidine rings is 1. The van der Waals surface area contributed by atoms with Crippen molar-refractivity contribution >= 4 is 11.8 Å². The number of rotatable bonds is 7. The van der Waals surface area contributed by atoms with Gasteiger partial charge in [-0.05, 0) is 23.8 Å². The molecule has 1 aliphatic rings. The van der Waals surface area contributed by atoms with Crippen LogP contribution in [0, 0.1) is 5.82 Å². The third-order valence-electron chi connectivity index (χ3n) is 5.48. The van der Waals surface area contributed by atoms with Crippen molar-refractivity contribution in [1.29, 1.82) is 0 Å². The van der Waals surface area contributed by atoms with Crippen LogP contribution in [0.1, 0.15) is 28.9 Å². The smallest absolute Gasteiger partial charge is 0.269 e. The van der Waals surface area contributed by atoms with Crippen molar-refractivity contribution in [2.24, 2.45) is 0 Å². The van der Waals surface area contributed by atoms with Gasteiger partial charge in [0, 0.05) is 37.6 Å². The van der Waals surface area contributed by atoms with Gasteiger partial charge in [-0.25, -0.2) is 8.78 Å². The SMILES string of the molecule is O=C(NCC(=O)N1CCC(Oc2cc(F)cc(CF)c2)CC1)c1cc(-c2ccccc2)n[nH]1. The first kappa shape index (κ1) is 22.4. The van der Waals surface area contributed by atoms with E-state index in [-0.39, 0.29) is 35.6 Å². The highest BCUT2D eigenvalue weighted by Gasteiger charge is 2.24. The normalized spacial score (nSPS) is 14.2. The second kappa shape index (κ2) is 10.2. The Morgan fingerprint density at radius 1 is 1.12 bits per heavy atom. The lowest BCUT2D eigenvalue weighted by Crippen LogP contribution is -2.46. The number of carbonyl (C=O) groups is 2. The molecule has 2 N–H and O–H groups in total. The molecular weight excluding hydrogens is 430 g/mol. The van der Waals surface area contributed by atoms with E-state index in [2.05, 4.69) is 15.5 Å². The third-order valence-corrected chi connectivity index (χ3v) is 5.48. The van der Waals surface area contributed by atoms with Crippen molar-refractivity contribution in [3.63, 3.8) is 0 Å². The first-order chi connectivity index (χ1) is 16.0. The molecule has 0 radical (unpaired) electrons. The van der Waals surface area contributed by atoms with Crippen LogP contribution < -0.4 is 10.1 Å². The Kier molecular flexibility index (Phi) is 6.97. The van der Waals surface area contributed by atoms with Crippen LogP contribution in [0.4, 0.5) is 8.78 Å². The van der Waals surface area contributed by atoms with Crippen LogP contribution in [0.15, 0.2) is 54.6 Å². The monoisotopic (exact) mass is 454 g/mol. The summed E-state index contributed by atoms with van der Waals surface area (Å²) in [4.78, 5) is 26.5. The second-order valence-electron chi connectivity index (χ2n) is 7.84. The lowest BCUT2D eigenvalue weighted by atomic mass is 10.1. The maximum absolute atomic E-state index is 13.6. The Morgan fingerprint density at radius 3 is 2.61 bits per heavy atom. The summed E-state index contributed by atoms with van der Waals surface area (Å²) in [6.07, 6.45) is 0.920. The summed E-state index contributed by atoms with van der Waals surface area (Å²) in [7, 11) is 0. The molecule has 0 unspecified atom stereocenters. The average molecular weight is 454 g/mol. The zero-order valence-electron chi connectivity index (χ0n) is 17.9. The van der Waals surface area contributed by atoms with Gasteiger partial charge in [0.2, 0.25) is 5.91 Å². The molecule has 7 nitrogen and oxygen atoms in total. The molecular formula is C24H24F2N4O3. The number of halogens is 2. The number of nitrogens with zero attached hydrogens (tertiary/aromatic N) is 2. The highest BCUT2D eigenvalue weighted by molar-refractivity contribution is 5.95. The zero-order valence-corrected chi connectivity index (χ0v) is 17.9. The topological polar surface area (TPSA) is 87.3 Å². The molecule has 172 valence electrons. The highest BCUT2D eigenvalue weighted by Crippen LogP contribution is 2.22. The summed E-state index contributed by atoms with van der Waals surface area (Å²) in [5.74, 6) is -0.869. The summed E-state index contributed by atoms with van der Waals surface area (Å²) in [5, 5.41) is 9.46. The van der Waals surface area contributed by atoms with Gasteiger partial charge in [-0.3, -0.25) is 14.7 Å². The van der Waals surface area contributed by atoms with Crippen molar-refractivity contribution in [3.8, 4) is 17.0 Å². The fraction of sp³-hybridized carbons (Fsp3) is 0.292. The summed E-state index contributed by atoms with van der Waals surface area (Å²) in [6, 6.07) is 14.9. The Balaban J connectivity index is 1.24. The molecule has 2 amide bonds. The fourth-order valence-corrected chi connectivity index (χ4v) is 3.74.